The molecule has 1 aliphatic carbocycles. The topological polar surface area (TPSA) is 79.5 Å². The van der Waals surface area contributed by atoms with Gasteiger partial charge in [0.2, 0.25) is 5.91 Å². The average molecular weight is 596 g/mol. The molecule has 9 heteroatoms. The zero-order chi connectivity index (χ0) is 29.0. The molecule has 3 aromatic rings. The number of anilines is 3. The normalized spacial score (nSPS) is 15.5. The number of hydrogen-bond acceptors (Lipinski definition) is 6. The van der Waals surface area contributed by atoms with Crippen molar-refractivity contribution in [1.82, 2.24) is 0 Å². The lowest BCUT2D eigenvalue weighted by Gasteiger charge is -2.33. The van der Waals surface area contributed by atoms with Crippen LogP contribution in [0, 0.1) is 18.3 Å². The van der Waals surface area contributed by atoms with Crippen LogP contribution in [0.2, 0.25) is 0 Å². The van der Waals surface area contributed by atoms with Crippen LogP contribution in [0.15, 0.2) is 53.4 Å². The zero-order valence-corrected chi connectivity index (χ0v) is 26.3. The van der Waals surface area contributed by atoms with E-state index in [1.165, 1.54) is 40.6 Å². The number of nitrogens with one attached hydrogen (secondary N) is 3. The molecule has 3 N–H and O–H groups in total. The van der Waals surface area contributed by atoms with Crippen molar-refractivity contribution in [1.29, 1.82) is 0 Å². The number of amides is 1. The van der Waals surface area contributed by atoms with Gasteiger partial charge in [-0.15, -0.1) is 23.1 Å². The third-order valence-electron chi connectivity index (χ3n) is 7.20. The molecule has 1 heterocycles. The SMILES string of the molecule is COC(=O)c1c(NC(=O)C(C)Sc2cccc(NC(=S)Nc3ccc(C)cc3)c2)sc2c1CCC(C(C)(C)C)C2. The quantitative estimate of drug-likeness (QED) is 0.145. The van der Waals surface area contributed by atoms with Crippen LogP contribution >= 0.6 is 35.3 Å². The Hall–Kier alpha value is -2.88. The molecule has 2 unspecified atom stereocenters. The summed E-state index contributed by atoms with van der Waals surface area (Å²) >= 11 is 8.44. The maximum Gasteiger partial charge on any atom is 0.341 e. The highest BCUT2D eigenvalue weighted by Gasteiger charge is 2.34. The van der Waals surface area contributed by atoms with Crippen molar-refractivity contribution in [2.45, 2.75) is 64.0 Å². The molecule has 1 aromatic heterocycles. The van der Waals surface area contributed by atoms with Gasteiger partial charge < -0.3 is 20.7 Å². The molecule has 0 spiro atoms. The van der Waals surface area contributed by atoms with E-state index in [2.05, 4.69) is 36.7 Å². The standard InChI is InChI=1S/C31H37N3O3S3/c1-18-10-13-21(14-11-18)32-30(38)33-22-8-7-9-23(17-22)39-19(2)27(35)34-28-26(29(36)37-6)24-15-12-20(31(3,4)5)16-25(24)40-28/h7-11,13-14,17,19-20H,12,15-16H2,1-6H3,(H,34,35)(H2,32,33,38). The fourth-order valence-corrected chi connectivity index (χ4v) is 7.26. The lowest BCUT2D eigenvalue weighted by molar-refractivity contribution is -0.115. The molecule has 2 aromatic carbocycles. The Kier molecular flexibility index (Phi) is 9.59. The van der Waals surface area contributed by atoms with Gasteiger partial charge in [0.15, 0.2) is 5.11 Å². The van der Waals surface area contributed by atoms with Crippen molar-refractivity contribution < 1.29 is 14.3 Å². The second-order valence-corrected chi connectivity index (χ2v) is 14.2. The minimum absolute atomic E-state index is 0.156. The first-order valence-electron chi connectivity index (χ1n) is 13.4. The lowest BCUT2D eigenvalue weighted by atomic mass is 9.72. The van der Waals surface area contributed by atoms with Gasteiger partial charge >= 0.3 is 5.97 Å². The highest BCUT2D eigenvalue weighted by atomic mass is 32.2. The van der Waals surface area contributed by atoms with Gasteiger partial charge in [0.25, 0.3) is 0 Å². The summed E-state index contributed by atoms with van der Waals surface area (Å²) in [6, 6.07) is 15.8. The summed E-state index contributed by atoms with van der Waals surface area (Å²) in [5, 5.41) is 10.1. The van der Waals surface area contributed by atoms with E-state index in [-0.39, 0.29) is 16.6 Å². The number of benzene rings is 2. The molecule has 2 atom stereocenters. The number of thioether (sulfide) groups is 1. The van der Waals surface area contributed by atoms with Crippen LogP contribution in [0.3, 0.4) is 0 Å². The zero-order valence-electron chi connectivity index (χ0n) is 23.8. The Morgan fingerprint density at radius 3 is 2.45 bits per heavy atom. The predicted octanol–water partition coefficient (Wildman–Crippen LogP) is 7.92. The highest BCUT2D eigenvalue weighted by Crippen LogP contribution is 2.44. The van der Waals surface area contributed by atoms with Gasteiger partial charge in [-0.05, 0) is 92.6 Å². The molecule has 6 nitrogen and oxygen atoms in total. The number of carbonyl (C=O) groups excluding carboxylic acids is 2. The van der Waals surface area contributed by atoms with Gasteiger partial charge in [-0.25, -0.2) is 4.79 Å². The number of aryl methyl sites for hydroxylation is 1. The minimum atomic E-state index is -0.392. The molecule has 0 fully saturated rings. The number of ether oxygens (including phenoxy) is 1. The van der Waals surface area contributed by atoms with Crippen LogP contribution in [0.1, 0.15) is 60.5 Å². The predicted molar refractivity (Wildman–Crippen MR) is 172 cm³/mol. The number of fused-ring (bicyclic) bond motifs is 1. The van der Waals surface area contributed by atoms with Gasteiger partial charge in [-0.3, -0.25) is 4.79 Å². The van der Waals surface area contributed by atoms with Crippen LogP contribution in [0.5, 0.6) is 0 Å². The van der Waals surface area contributed by atoms with Gasteiger partial charge in [0, 0.05) is 21.1 Å². The van der Waals surface area contributed by atoms with Gasteiger partial charge in [0.05, 0.1) is 17.9 Å². The van der Waals surface area contributed by atoms with Crippen LogP contribution < -0.4 is 16.0 Å². The first kappa shape index (κ1) is 30.1. The van der Waals surface area contributed by atoms with E-state index >= 15 is 0 Å². The molecule has 0 saturated heterocycles. The Morgan fingerprint density at radius 2 is 1.77 bits per heavy atom. The number of hydrogen-bond donors (Lipinski definition) is 3. The van der Waals surface area contributed by atoms with E-state index < -0.39 is 5.97 Å². The summed E-state index contributed by atoms with van der Waals surface area (Å²) in [6.45, 7) is 10.7. The van der Waals surface area contributed by atoms with E-state index in [9.17, 15) is 9.59 Å². The van der Waals surface area contributed by atoms with Crippen LogP contribution in [0.25, 0.3) is 0 Å². The summed E-state index contributed by atoms with van der Waals surface area (Å²) in [4.78, 5) is 28.1. The Morgan fingerprint density at radius 1 is 1.07 bits per heavy atom. The highest BCUT2D eigenvalue weighted by molar-refractivity contribution is 8.00. The van der Waals surface area contributed by atoms with Crippen LogP contribution in [-0.2, 0) is 22.4 Å². The number of thiocarbonyl (C=S) groups is 1. The fourth-order valence-electron chi connectivity index (χ4n) is 4.78. The van der Waals surface area contributed by atoms with Crippen molar-refractivity contribution in [3.05, 3.63) is 70.1 Å². The van der Waals surface area contributed by atoms with Gasteiger partial charge in [-0.2, -0.15) is 0 Å². The molecule has 40 heavy (non-hydrogen) atoms. The Bertz CT molecular complexity index is 1390. The summed E-state index contributed by atoms with van der Waals surface area (Å²) in [7, 11) is 1.39. The maximum atomic E-state index is 13.3. The molecule has 4 rings (SSSR count). The first-order chi connectivity index (χ1) is 18.9. The second kappa shape index (κ2) is 12.7. The van der Waals surface area contributed by atoms with Crippen LogP contribution in [0.4, 0.5) is 16.4 Å². The third kappa shape index (κ3) is 7.44. The van der Waals surface area contributed by atoms with E-state index in [0.29, 0.717) is 21.6 Å². The number of thiophene rings is 1. The summed E-state index contributed by atoms with van der Waals surface area (Å²) < 4.78 is 5.11. The van der Waals surface area contributed by atoms with E-state index in [1.807, 2.05) is 62.4 Å². The summed E-state index contributed by atoms with van der Waals surface area (Å²) in [5.74, 6) is -0.0182. The Balaban J connectivity index is 1.42. The molecule has 0 bridgehead atoms. The molecule has 1 amide bonds. The van der Waals surface area contributed by atoms with Crippen molar-refractivity contribution in [2.24, 2.45) is 11.3 Å². The van der Waals surface area contributed by atoms with Crippen molar-refractivity contribution >= 4 is 68.7 Å². The largest absolute Gasteiger partial charge is 0.465 e. The molecule has 1 aliphatic rings. The van der Waals surface area contributed by atoms with Crippen molar-refractivity contribution in [3.63, 3.8) is 0 Å². The molecule has 0 saturated carbocycles. The van der Waals surface area contributed by atoms with Crippen LogP contribution in [-0.4, -0.2) is 29.3 Å². The monoisotopic (exact) mass is 595 g/mol. The minimum Gasteiger partial charge on any atom is -0.465 e. The van der Waals surface area contributed by atoms with Gasteiger partial charge in [0.1, 0.15) is 5.00 Å². The first-order valence-corrected chi connectivity index (χ1v) is 15.5. The van der Waals surface area contributed by atoms with E-state index in [4.69, 9.17) is 17.0 Å². The number of methoxy groups -OCH3 is 1. The number of esters is 1. The third-order valence-corrected chi connectivity index (χ3v) is 9.67. The second-order valence-electron chi connectivity index (χ2n) is 11.2. The molecule has 0 aliphatic heterocycles. The van der Waals surface area contributed by atoms with E-state index in [1.54, 1.807) is 0 Å². The summed E-state index contributed by atoms with van der Waals surface area (Å²) in [6.07, 6.45) is 2.75. The van der Waals surface area contributed by atoms with Gasteiger partial charge in [-0.1, -0.05) is 44.5 Å². The number of rotatable bonds is 7. The molecule has 0 radical (unpaired) electrons. The Labute approximate surface area is 250 Å². The molecule has 212 valence electrons. The smallest absolute Gasteiger partial charge is 0.341 e. The van der Waals surface area contributed by atoms with Crippen molar-refractivity contribution in [3.8, 4) is 0 Å². The average Bonchev–Trinajstić information content (AvgIpc) is 3.26. The summed E-state index contributed by atoms with van der Waals surface area (Å²) in [5.41, 5.74) is 4.65. The van der Waals surface area contributed by atoms with E-state index in [0.717, 1.165) is 41.1 Å². The van der Waals surface area contributed by atoms with Crippen molar-refractivity contribution in [2.75, 3.05) is 23.1 Å². The molecular formula is C31H37N3O3S3. The molecular weight excluding hydrogens is 559 g/mol. The maximum absolute atomic E-state index is 13.3. The lowest BCUT2D eigenvalue weighted by Crippen LogP contribution is -2.26. The fraction of sp³-hybridized carbons (Fsp3) is 0.387. The number of carbonyl (C=O) groups is 2.